The first-order valence-electron chi connectivity index (χ1n) is 8.59. The second-order valence-electron chi connectivity index (χ2n) is 6.51. The first-order chi connectivity index (χ1) is 13.3. The van der Waals surface area contributed by atoms with Crippen molar-refractivity contribution in [2.45, 2.75) is 12.8 Å². The number of halogens is 1. The molecule has 0 spiro atoms. The molecule has 7 nitrogen and oxygen atoms in total. The zero-order valence-corrected chi connectivity index (χ0v) is 16.5. The molecule has 2 heterocycles. The largest absolute Gasteiger partial charge is 0.458 e. The van der Waals surface area contributed by atoms with E-state index in [0.717, 1.165) is 4.57 Å². The van der Waals surface area contributed by atoms with Crippen LogP contribution in [0.5, 0.6) is 0 Å². The number of aromatic nitrogens is 2. The molecule has 0 bridgehead atoms. The van der Waals surface area contributed by atoms with Crippen LogP contribution in [0.25, 0.3) is 0 Å². The molecule has 0 saturated heterocycles. The Kier molecular flexibility index (Phi) is 5.29. The van der Waals surface area contributed by atoms with Gasteiger partial charge in [0.1, 0.15) is 12.4 Å². The number of nitrogens with one attached hydrogen (secondary N) is 1. The number of nitrogens with zero attached hydrogens (tertiary/aromatic N) is 2. The number of anilines is 1. The first-order valence-corrected chi connectivity index (χ1v) is 8.96. The van der Waals surface area contributed by atoms with E-state index in [2.05, 4.69) is 11.9 Å². The van der Waals surface area contributed by atoms with Crippen LogP contribution in [-0.4, -0.2) is 21.7 Å². The van der Waals surface area contributed by atoms with Crippen LogP contribution in [0.15, 0.2) is 57.8 Å². The third-order valence-corrected chi connectivity index (χ3v) is 4.96. The molecular weight excluding hydrogens is 382 g/mol. The Morgan fingerprint density at radius 3 is 2.68 bits per heavy atom. The van der Waals surface area contributed by atoms with Gasteiger partial charge in [0, 0.05) is 24.8 Å². The molecule has 1 N–H and O–H groups in total. The molecule has 0 saturated carbocycles. The van der Waals surface area contributed by atoms with Crippen molar-refractivity contribution in [3.8, 4) is 0 Å². The molecular formula is C20H20ClN3O4. The smallest absolute Gasteiger partial charge is 0.337 e. The molecule has 146 valence electrons. The number of ether oxygens (including phenoxy) is 1. The quantitative estimate of drug-likeness (QED) is 0.628. The molecule has 3 rings (SSSR count). The number of carbonyl (C=O) groups excluding carboxylic acids is 1. The Labute approximate surface area is 166 Å². The summed E-state index contributed by atoms with van der Waals surface area (Å²) in [5.41, 5.74) is 0.754. The van der Waals surface area contributed by atoms with Crippen molar-refractivity contribution in [2.24, 2.45) is 14.1 Å². The van der Waals surface area contributed by atoms with Crippen molar-refractivity contribution in [1.29, 1.82) is 0 Å². The van der Waals surface area contributed by atoms with Crippen LogP contribution in [0.1, 0.15) is 24.0 Å². The number of carbonyl (C=O) groups is 1. The number of esters is 1. The molecule has 8 heteroatoms. The Morgan fingerprint density at radius 1 is 1.32 bits per heavy atom. The van der Waals surface area contributed by atoms with Crippen LogP contribution >= 0.6 is 11.6 Å². The van der Waals surface area contributed by atoms with E-state index in [1.807, 2.05) is 0 Å². The van der Waals surface area contributed by atoms with Gasteiger partial charge in [-0.05, 0) is 24.6 Å². The SMILES string of the molecule is C=CCOC(=O)C1=C(C)Nc2c(c(=O)n(C)c(=O)n2C)C1c1cccc(Cl)c1. The molecule has 1 aromatic carbocycles. The zero-order valence-electron chi connectivity index (χ0n) is 15.8. The van der Waals surface area contributed by atoms with Crippen molar-refractivity contribution in [1.82, 2.24) is 9.13 Å². The number of allylic oxidation sites excluding steroid dienone is 1. The van der Waals surface area contributed by atoms with Crippen molar-refractivity contribution < 1.29 is 9.53 Å². The van der Waals surface area contributed by atoms with Crippen molar-refractivity contribution >= 4 is 23.4 Å². The van der Waals surface area contributed by atoms with Gasteiger partial charge in [0.2, 0.25) is 0 Å². The lowest BCUT2D eigenvalue weighted by molar-refractivity contribution is -0.138. The fraction of sp³-hybridized carbons (Fsp3) is 0.250. The van der Waals surface area contributed by atoms with Gasteiger partial charge in [0.25, 0.3) is 5.56 Å². The average Bonchev–Trinajstić information content (AvgIpc) is 2.67. The molecule has 0 fully saturated rings. The molecule has 0 radical (unpaired) electrons. The summed E-state index contributed by atoms with van der Waals surface area (Å²) in [6.45, 7) is 5.29. The minimum atomic E-state index is -0.738. The second-order valence-corrected chi connectivity index (χ2v) is 6.94. The monoisotopic (exact) mass is 401 g/mol. The van der Waals surface area contributed by atoms with Gasteiger partial charge in [0.05, 0.1) is 17.1 Å². The first kappa shape index (κ1) is 19.7. The Hall–Kier alpha value is -3.06. The molecule has 28 heavy (non-hydrogen) atoms. The van der Waals surface area contributed by atoms with E-state index in [0.29, 0.717) is 22.1 Å². The van der Waals surface area contributed by atoms with E-state index in [-0.39, 0.29) is 17.7 Å². The van der Waals surface area contributed by atoms with Gasteiger partial charge < -0.3 is 10.1 Å². The summed E-state index contributed by atoms with van der Waals surface area (Å²) in [6.07, 6.45) is 1.47. The van der Waals surface area contributed by atoms with Crippen LogP contribution < -0.4 is 16.6 Å². The summed E-state index contributed by atoms with van der Waals surface area (Å²) in [4.78, 5) is 38.2. The summed E-state index contributed by atoms with van der Waals surface area (Å²) < 4.78 is 7.63. The van der Waals surface area contributed by atoms with Crippen LogP contribution in [0.3, 0.4) is 0 Å². The summed E-state index contributed by atoms with van der Waals surface area (Å²) in [7, 11) is 2.97. The normalized spacial score (nSPS) is 15.6. The Bertz CT molecular complexity index is 1130. The molecule has 1 aromatic heterocycles. The third-order valence-electron chi connectivity index (χ3n) is 4.72. The van der Waals surface area contributed by atoms with Gasteiger partial charge >= 0.3 is 11.7 Å². The summed E-state index contributed by atoms with van der Waals surface area (Å²) >= 11 is 6.17. The van der Waals surface area contributed by atoms with E-state index >= 15 is 0 Å². The van der Waals surface area contributed by atoms with Crippen LogP contribution in [0.2, 0.25) is 5.02 Å². The minimum Gasteiger partial charge on any atom is -0.458 e. The number of fused-ring (bicyclic) bond motifs is 1. The lowest BCUT2D eigenvalue weighted by Crippen LogP contribution is -2.43. The van der Waals surface area contributed by atoms with Gasteiger partial charge in [-0.1, -0.05) is 36.4 Å². The number of rotatable bonds is 4. The van der Waals surface area contributed by atoms with Crippen molar-refractivity contribution in [3.05, 3.63) is 85.2 Å². The lowest BCUT2D eigenvalue weighted by atomic mass is 9.82. The van der Waals surface area contributed by atoms with Gasteiger partial charge in [0.15, 0.2) is 0 Å². The van der Waals surface area contributed by atoms with E-state index in [1.54, 1.807) is 38.2 Å². The molecule has 0 aliphatic carbocycles. The van der Waals surface area contributed by atoms with Gasteiger partial charge in [-0.15, -0.1) is 0 Å². The second kappa shape index (κ2) is 7.52. The van der Waals surface area contributed by atoms with Gasteiger partial charge in [-0.3, -0.25) is 13.9 Å². The number of benzene rings is 1. The molecule has 1 aliphatic heterocycles. The molecule has 1 unspecified atom stereocenters. The number of hydrogen-bond acceptors (Lipinski definition) is 5. The van der Waals surface area contributed by atoms with Crippen molar-refractivity contribution in [2.75, 3.05) is 11.9 Å². The van der Waals surface area contributed by atoms with E-state index < -0.39 is 23.1 Å². The van der Waals surface area contributed by atoms with Crippen molar-refractivity contribution in [3.63, 3.8) is 0 Å². The fourth-order valence-electron chi connectivity index (χ4n) is 3.39. The Morgan fingerprint density at radius 2 is 2.04 bits per heavy atom. The summed E-state index contributed by atoms with van der Waals surface area (Å²) in [5, 5.41) is 3.50. The predicted octanol–water partition coefficient (Wildman–Crippen LogP) is 2.30. The molecule has 2 aromatic rings. The lowest BCUT2D eigenvalue weighted by Gasteiger charge is -2.30. The summed E-state index contributed by atoms with van der Waals surface area (Å²) in [6, 6.07) is 6.93. The highest BCUT2D eigenvalue weighted by molar-refractivity contribution is 6.30. The minimum absolute atomic E-state index is 0.0377. The van der Waals surface area contributed by atoms with Crippen LogP contribution in [0, 0.1) is 0 Å². The topological polar surface area (TPSA) is 82.3 Å². The van der Waals surface area contributed by atoms with E-state index in [1.165, 1.54) is 17.7 Å². The highest BCUT2D eigenvalue weighted by atomic mass is 35.5. The molecule has 1 aliphatic rings. The Balaban J connectivity index is 2.35. The van der Waals surface area contributed by atoms with E-state index in [9.17, 15) is 14.4 Å². The maximum absolute atomic E-state index is 13.0. The average molecular weight is 402 g/mol. The van der Waals surface area contributed by atoms with E-state index in [4.69, 9.17) is 16.3 Å². The van der Waals surface area contributed by atoms with Gasteiger partial charge in [-0.25, -0.2) is 9.59 Å². The number of hydrogen-bond donors (Lipinski definition) is 1. The van der Waals surface area contributed by atoms with Crippen LogP contribution in [0.4, 0.5) is 5.82 Å². The maximum atomic E-state index is 13.0. The molecule has 0 amide bonds. The van der Waals surface area contributed by atoms with Gasteiger partial charge in [-0.2, -0.15) is 0 Å². The standard InChI is InChI=1S/C20H20ClN3O4/c1-5-9-28-19(26)14-11(2)22-17-16(18(25)24(4)20(27)23(17)3)15(14)12-7-6-8-13(21)10-12/h5-8,10,15,22H,1,9H2,2-4H3. The molecule has 1 atom stereocenters. The van der Waals surface area contributed by atoms with Crippen LogP contribution in [-0.2, 0) is 23.6 Å². The predicted molar refractivity (Wildman–Crippen MR) is 108 cm³/mol. The third kappa shape index (κ3) is 3.18. The highest BCUT2D eigenvalue weighted by Crippen LogP contribution is 2.40. The highest BCUT2D eigenvalue weighted by Gasteiger charge is 2.37. The maximum Gasteiger partial charge on any atom is 0.337 e. The fourth-order valence-corrected chi connectivity index (χ4v) is 3.59. The summed E-state index contributed by atoms with van der Waals surface area (Å²) in [5.74, 6) is -0.968. The zero-order chi connectivity index (χ0) is 20.6.